The standard InChI is InChI=1S/C26H22N2O2/c1-3-4-8-22-15-16-23(26(29)30-2)25-24(22)17-27-28(25)18-19-11-13-21(14-12-19)20-9-6-5-7-10-20/h5-7,9-17H,3,18H2,1-2H3. The lowest BCUT2D eigenvalue weighted by Gasteiger charge is -2.09. The molecule has 30 heavy (non-hydrogen) atoms. The first-order valence-electron chi connectivity index (χ1n) is 9.91. The number of nitrogens with zero attached hydrogens (tertiary/aromatic N) is 2. The number of carbonyl (C=O) groups is 1. The summed E-state index contributed by atoms with van der Waals surface area (Å²) in [5, 5.41) is 5.42. The average Bonchev–Trinajstić information content (AvgIpc) is 3.22. The monoisotopic (exact) mass is 394 g/mol. The SMILES string of the molecule is CCC#Cc1ccc(C(=O)OC)c2c1cnn2Cc1ccc(-c2ccccc2)cc1. The van der Waals surface area contributed by atoms with E-state index in [9.17, 15) is 4.79 Å². The third-order valence-corrected chi connectivity index (χ3v) is 5.00. The number of fused-ring (bicyclic) bond motifs is 1. The van der Waals surface area contributed by atoms with Crippen molar-refractivity contribution >= 4 is 16.9 Å². The van der Waals surface area contributed by atoms with Crippen LogP contribution in [0, 0.1) is 11.8 Å². The number of carbonyl (C=O) groups excluding carboxylic acids is 1. The molecule has 4 aromatic rings. The maximum atomic E-state index is 12.4. The number of aromatic nitrogens is 2. The van der Waals surface area contributed by atoms with Crippen LogP contribution < -0.4 is 0 Å². The van der Waals surface area contributed by atoms with E-state index in [1.165, 1.54) is 12.7 Å². The van der Waals surface area contributed by atoms with Gasteiger partial charge < -0.3 is 4.74 Å². The number of esters is 1. The topological polar surface area (TPSA) is 44.1 Å². The van der Waals surface area contributed by atoms with Crippen LogP contribution in [0.25, 0.3) is 22.0 Å². The average molecular weight is 394 g/mol. The highest BCUT2D eigenvalue weighted by molar-refractivity contribution is 6.04. The molecule has 0 atom stereocenters. The van der Waals surface area contributed by atoms with Gasteiger partial charge in [-0.2, -0.15) is 5.10 Å². The Labute approximate surface area is 176 Å². The van der Waals surface area contributed by atoms with E-state index in [0.29, 0.717) is 12.1 Å². The summed E-state index contributed by atoms with van der Waals surface area (Å²) in [7, 11) is 1.39. The Hall–Kier alpha value is -3.84. The summed E-state index contributed by atoms with van der Waals surface area (Å²) in [4.78, 5) is 12.4. The molecule has 0 aliphatic carbocycles. The predicted molar refractivity (Wildman–Crippen MR) is 119 cm³/mol. The van der Waals surface area contributed by atoms with Gasteiger partial charge in [-0.1, -0.05) is 73.4 Å². The Morgan fingerprint density at radius 2 is 1.73 bits per heavy atom. The third kappa shape index (κ3) is 3.83. The van der Waals surface area contributed by atoms with Gasteiger partial charge in [-0.3, -0.25) is 4.68 Å². The molecular weight excluding hydrogens is 372 g/mol. The summed E-state index contributed by atoms with van der Waals surface area (Å²) in [6.07, 6.45) is 2.54. The fourth-order valence-electron chi connectivity index (χ4n) is 3.50. The van der Waals surface area contributed by atoms with Crippen molar-refractivity contribution < 1.29 is 9.53 Å². The van der Waals surface area contributed by atoms with E-state index in [2.05, 4.69) is 53.3 Å². The molecule has 0 radical (unpaired) electrons. The lowest BCUT2D eigenvalue weighted by atomic mass is 10.0. The second-order valence-electron chi connectivity index (χ2n) is 6.94. The van der Waals surface area contributed by atoms with Crippen molar-refractivity contribution in [1.82, 2.24) is 9.78 Å². The van der Waals surface area contributed by atoms with E-state index in [1.807, 2.05) is 35.9 Å². The van der Waals surface area contributed by atoms with Gasteiger partial charge in [0.25, 0.3) is 0 Å². The summed E-state index contributed by atoms with van der Waals surface area (Å²) in [5.41, 5.74) is 5.55. The zero-order chi connectivity index (χ0) is 20.9. The maximum Gasteiger partial charge on any atom is 0.340 e. The normalized spacial score (nSPS) is 10.5. The molecule has 1 heterocycles. The smallest absolute Gasteiger partial charge is 0.340 e. The molecule has 0 aliphatic heterocycles. The molecule has 4 heteroatoms. The van der Waals surface area contributed by atoms with Gasteiger partial charge in [0.15, 0.2) is 0 Å². The summed E-state index contributed by atoms with van der Waals surface area (Å²) < 4.78 is 6.83. The van der Waals surface area contributed by atoms with Gasteiger partial charge in [-0.15, -0.1) is 0 Å². The van der Waals surface area contributed by atoms with Crippen LogP contribution in [0.3, 0.4) is 0 Å². The number of hydrogen-bond acceptors (Lipinski definition) is 3. The van der Waals surface area contributed by atoms with Crippen LogP contribution in [0.1, 0.15) is 34.8 Å². The zero-order valence-electron chi connectivity index (χ0n) is 17.1. The van der Waals surface area contributed by atoms with E-state index in [1.54, 1.807) is 12.3 Å². The van der Waals surface area contributed by atoms with Crippen LogP contribution in [-0.2, 0) is 11.3 Å². The van der Waals surface area contributed by atoms with Gasteiger partial charge in [0.2, 0.25) is 0 Å². The van der Waals surface area contributed by atoms with Gasteiger partial charge in [-0.05, 0) is 28.8 Å². The lowest BCUT2D eigenvalue weighted by molar-refractivity contribution is 0.0602. The van der Waals surface area contributed by atoms with Crippen LogP contribution in [-0.4, -0.2) is 22.9 Å². The number of benzene rings is 3. The highest BCUT2D eigenvalue weighted by atomic mass is 16.5. The fourth-order valence-corrected chi connectivity index (χ4v) is 3.50. The molecular formula is C26H22N2O2. The molecule has 0 spiro atoms. The quantitative estimate of drug-likeness (QED) is 0.348. The minimum Gasteiger partial charge on any atom is -0.465 e. The van der Waals surface area contributed by atoms with Crippen molar-refractivity contribution in [2.45, 2.75) is 19.9 Å². The second kappa shape index (κ2) is 8.67. The fraction of sp³-hybridized carbons (Fsp3) is 0.154. The van der Waals surface area contributed by atoms with Gasteiger partial charge in [-0.25, -0.2) is 4.79 Å². The minimum absolute atomic E-state index is 0.379. The summed E-state index contributed by atoms with van der Waals surface area (Å²) in [6, 6.07) is 22.3. The van der Waals surface area contributed by atoms with Crippen molar-refractivity contribution in [3.63, 3.8) is 0 Å². The van der Waals surface area contributed by atoms with Gasteiger partial charge in [0.1, 0.15) is 0 Å². The molecule has 0 amide bonds. The molecule has 3 aromatic carbocycles. The first kappa shape index (κ1) is 19.5. The zero-order valence-corrected chi connectivity index (χ0v) is 17.1. The maximum absolute atomic E-state index is 12.4. The third-order valence-electron chi connectivity index (χ3n) is 5.00. The molecule has 4 rings (SSSR count). The summed E-state index contributed by atoms with van der Waals surface area (Å²) in [6.45, 7) is 2.56. The molecule has 0 unspecified atom stereocenters. The highest BCUT2D eigenvalue weighted by Gasteiger charge is 2.17. The first-order chi connectivity index (χ1) is 14.7. The Bertz CT molecular complexity index is 1240. The largest absolute Gasteiger partial charge is 0.465 e. The van der Waals surface area contributed by atoms with E-state index in [0.717, 1.165) is 34.0 Å². The van der Waals surface area contributed by atoms with Crippen LogP contribution in [0.4, 0.5) is 0 Å². The van der Waals surface area contributed by atoms with Crippen molar-refractivity contribution in [1.29, 1.82) is 0 Å². The highest BCUT2D eigenvalue weighted by Crippen LogP contribution is 2.25. The Balaban J connectivity index is 1.73. The molecule has 0 saturated heterocycles. The molecule has 148 valence electrons. The van der Waals surface area contributed by atoms with Crippen molar-refractivity contribution in [2.75, 3.05) is 7.11 Å². The van der Waals surface area contributed by atoms with Crippen LogP contribution in [0.15, 0.2) is 72.9 Å². The minimum atomic E-state index is -0.379. The number of ether oxygens (including phenoxy) is 1. The molecule has 1 aromatic heterocycles. The lowest BCUT2D eigenvalue weighted by Crippen LogP contribution is -2.08. The summed E-state index contributed by atoms with van der Waals surface area (Å²) >= 11 is 0. The first-order valence-corrected chi connectivity index (χ1v) is 9.91. The Morgan fingerprint density at radius 1 is 1.00 bits per heavy atom. The van der Waals surface area contributed by atoms with Crippen molar-refractivity contribution in [3.05, 3.63) is 89.6 Å². The molecule has 4 nitrogen and oxygen atoms in total. The van der Waals surface area contributed by atoms with Crippen LogP contribution in [0.5, 0.6) is 0 Å². The van der Waals surface area contributed by atoms with Crippen LogP contribution >= 0.6 is 0 Å². The van der Waals surface area contributed by atoms with Crippen molar-refractivity contribution in [3.8, 4) is 23.0 Å². The second-order valence-corrected chi connectivity index (χ2v) is 6.94. The summed E-state index contributed by atoms with van der Waals surface area (Å²) in [5.74, 6) is 5.89. The molecule has 0 bridgehead atoms. The van der Waals surface area contributed by atoms with Crippen LogP contribution in [0.2, 0.25) is 0 Å². The van der Waals surface area contributed by atoms with Crippen molar-refractivity contribution in [2.24, 2.45) is 0 Å². The van der Waals surface area contributed by atoms with Gasteiger partial charge in [0.05, 0.1) is 30.9 Å². The Kier molecular flexibility index (Phi) is 5.63. The molecule has 0 saturated carbocycles. The van der Waals surface area contributed by atoms with Gasteiger partial charge in [0, 0.05) is 17.4 Å². The molecule has 0 fully saturated rings. The Morgan fingerprint density at radius 3 is 2.43 bits per heavy atom. The number of rotatable bonds is 4. The van der Waals surface area contributed by atoms with E-state index >= 15 is 0 Å². The number of hydrogen-bond donors (Lipinski definition) is 0. The number of methoxy groups -OCH3 is 1. The predicted octanol–water partition coefficient (Wildman–Crippen LogP) is 5.30. The molecule has 0 aliphatic rings. The van der Waals surface area contributed by atoms with E-state index in [-0.39, 0.29) is 5.97 Å². The van der Waals surface area contributed by atoms with E-state index < -0.39 is 0 Å². The molecule has 0 N–H and O–H groups in total. The van der Waals surface area contributed by atoms with Gasteiger partial charge >= 0.3 is 5.97 Å². The van der Waals surface area contributed by atoms with E-state index in [4.69, 9.17) is 4.74 Å².